The first-order valence-electron chi connectivity index (χ1n) is 6.01. The van der Waals surface area contributed by atoms with E-state index in [2.05, 4.69) is 27.5 Å². The van der Waals surface area contributed by atoms with Crippen molar-refractivity contribution in [2.75, 3.05) is 24.6 Å². The van der Waals surface area contributed by atoms with Gasteiger partial charge in [0.05, 0.1) is 18.3 Å². The fourth-order valence-corrected chi connectivity index (χ4v) is 2.40. The van der Waals surface area contributed by atoms with Crippen molar-refractivity contribution < 1.29 is 4.74 Å². The topological polar surface area (TPSA) is 38.3 Å². The molecule has 2 heterocycles. The van der Waals surface area contributed by atoms with Crippen LogP contribution in [-0.2, 0) is 0 Å². The predicted molar refractivity (Wildman–Crippen MR) is 66.3 cm³/mol. The summed E-state index contributed by atoms with van der Waals surface area (Å²) in [5.74, 6) is 2.51. The lowest BCUT2D eigenvalue weighted by molar-refractivity contribution is 0.307. The molecule has 0 bridgehead atoms. The van der Waals surface area contributed by atoms with E-state index in [0.29, 0.717) is 0 Å². The summed E-state index contributed by atoms with van der Waals surface area (Å²) in [7, 11) is 0. The molecule has 16 heavy (non-hydrogen) atoms. The van der Waals surface area contributed by atoms with Crippen LogP contribution in [0.5, 0.6) is 5.88 Å². The monoisotopic (exact) mass is 241 g/mol. The fourth-order valence-electron chi connectivity index (χ4n) is 1.88. The number of anilines is 1. The van der Waals surface area contributed by atoms with Crippen LogP contribution in [0.25, 0.3) is 0 Å². The van der Waals surface area contributed by atoms with Crippen LogP contribution < -0.4 is 9.64 Å². The summed E-state index contributed by atoms with van der Waals surface area (Å²) < 4.78 is 14.2. The lowest BCUT2D eigenvalue weighted by atomic mass is 9.99. The van der Waals surface area contributed by atoms with Gasteiger partial charge in [0.25, 0.3) is 5.88 Å². The van der Waals surface area contributed by atoms with E-state index < -0.39 is 0 Å². The average Bonchev–Trinajstić information content (AvgIpc) is 2.75. The number of ether oxygens (including phenoxy) is 1. The largest absolute Gasteiger partial charge is 0.474 e. The summed E-state index contributed by atoms with van der Waals surface area (Å²) in [5, 5.41) is 0. The molecule has 0 saturated carbocycles. The summed E-state index contributed by atoms with van der Waals surface area (Å²) in [6.07, 6.45) is 3.49. The Morgan fingerprint density at radius 2 is 2.12 bits per heavy atom. The first-order chi connectivity index (χ1) is 7.81. The molecule has 0 radical (unpaired) electrons. The van der Waals surface area contributed by atoms with E-state index in [1.807, 2.05) is 0 Å². The molecule has 0 aliphatic carbocycles. The quantitative estimate of drug-likeness (QED) is 0.812. The number of nitrogens with zero attached hydrogens (tertiary/aromatic N) is 3. The second-order valence-electron chi connectivity index (χ2n) is 4.41. The van der Waals surface area contributed by atoms with E-state index in [1.54, 1.807) is 0 Å². The van der Waals surface area contributed by atoms with Crippen LogP contribution >= 0.6 is 11.7 Å². The van der Waals surface area contributed by atoms with Gasteiger partial charge in [-0.05, 0) is 25.2 Å². The maximum atomic E-state index is 5.60. The molecule has 2 rings (SSSR count). The van der Waals surface area contributed by atoms with Gasteiger partial charge in [0, 0.05) is 13.1 Å². The van der Waals surface area contributed by atoms with Crippen LogP contribution in [-0.4, -0.2) is 28.4 Å². The van der Waals surface area contributed by atoms with Crippen molar-refractivity contribution in [2.45, 2.75) is 33.1 Å². The number of rotatable bonds is 4. The first kappa shape index (κ1) is 11.6. The van der Waals surface area contributed by atoms with E-state index in [9.17, 15) is 0 Å². The van der Waals surface area contributed by atoms with Gasteiger partial charge in [0.1, 0.15) is 0 Å². The zero-order chi connectivity index (χ0) is 11.4. The fraction of sp³-hybridized carbons (Fsp3) is 0.818. The molecular formula is C11H19N3OS. The highest BCUT2D eigenvalue weighted by molar-refractivity contribution is 6.99. The second kappa shape index (κ2) is 5.48. The first-order valence-corrected chi connectivity index (χ1v) is 6.74. The Morgan fingerprint density at radius 3 is 2.81 bits per heavy atom. The Morgan fingerprint density at radius 1 is 1.38 bits per heavy atom. The maximum absolute atomic E-state index is 5.60. The number of hydrogen-bond acceptors (Lipinski definition) is 5. The second-order valence-corrected chi connectivity index (χ2v) is 4.94. The van der Waals surface area contributed by atoms with Crippen LogP contribution in [0.4, 0.5) is 5.82 Å². The van der Waals surface area contributed by atoms with Crippen molar-refractivity contribution in [1.82, 2.24) is 8.75 Å². The van der Waals surface area contributed by atoms with Crippen molar-refractivity contribution in [3.05, 3.63) is 0 Å². The zero-order valence-corrected chi connectivity index (χ0v) is 10.8. The summed E-state index contributed by atoms with van der Waals surface area (Å²) in [5.41, 5.74) is 0. The van der Waals surface area contributed by atoms with Gasteiger partial charge < -0.3 is 9.64 Å². The van der Waals surface area contributed by atoms with E-state index in [-0.39, 0.29) is 0 Å². The molecule has 90 valence electrons. The van der Waals surface area contributed by atoms with Crippen molar-refractivity contribution in [2.24, 2.45) is 5.92 Å². The number of aromatic nitrogens is 2. The van der Waals surface area contributed by atoms with Crippen molar-refractivity contribution in [3.63, 3.8) is 0 Å². The molecule has 1 fully saturated rings. The molecule has 5 heteroatoms. The SMILES string of the molecule is CCCOc1nsnc1N1CCC(C)CC1. The van der Waals surface area contributed by atoms with Gasteiger partial charge >= 0.3 is 0 Å². The summed E-state index contributed by atoms with van der Waals surface area (Å²) >= 11 is 1.24. The Kier molecular flexibility index (Phi) is 3.98. The van der Waals surface area contributed by atoms with Gasteiger partial charge in [-0.15, -0.1) is 4.37 Å². The Bertz CT molecular complexity index is 321. The average molecular weight is 241 g/mol. The minimum atomic E-state index is 0.724. The molecule has 1 aromatic rings. The van der Waals surface area contributed by atoms with E-state index in [1.165, 1.54) is 24.6 Å². The molecule has 0 atom stereocenters. The minimum Gasteiger partial charge on any atom is -0.474 e. The Hall–Kier alpha value is -0.840. The highest BCUT2D eigenvalue weighted by Crippen LogP contribution is 2.29. The third-order valence-corrected chi connectivity index (χ3v) is 3.47. The Labute approximate surface area is 101 Å². The Balaban J connectivity index is 1.99. The standard InChI is InChI=1S/C11H19N3OS/c1-3-8-15-11-10(12-16-13-11)14-6-4-9(2)5-7-14/h9H,3-8H2,1-2H3. The molecular weight excluding hydrogens is 222 g/mol. The summed E-state index contributed by atoms with van der Waals surface area (Å²) in [6.45, 7) is 7.29. The molecule has 0 amide bonds. The molecule has 4 nitrogen and oxygen atoms in total. The normalized spacial score (nSPS) is 17.8. The van der Waals surface area contributed by atoms with Gasteiger partial charge in [-0.25, -0.2) is 0 Å². The van der Waals surface area contributed by atoms with Gasteiger partial charge in [0.15, 0.2) is 0 Å². The zero-order valence-electron chi connectivity index (χ0n) is 9.98. The molecule has 0 N–H and O–H groups in total. The number of hydrogen-bond donors (Lipinski definition) is 0. The molecule has 1 saturated heterocycles. The van der Waals surface area contributed by atoms with Crippen LogP contribution in [0, 0.1) is 5.92 Å². The van der Waals surface area contributed by atoms with Gasteiger partial charge in [-0.3, -0.25) is 0 Å². The van der Waals surface area contributed by atoms with Crippen LogP contribution in [0.1, 0.15) is 33.1 Å². The lowest BCUT2D eigenvalue weighted by Crippen LogP contribution is -2.33. The highest BCUT2D eigenvalue weighted by Gasteiger charge is 2.21. The van der Waals surface area contributed by atoms with Crippen molar-refractivity contribution >= 4 is 17.5 Å². The smallest absolute Gasteiger partial charge is 0.270 e. The molecule has 0 unspecified atom stereocenters. The molecule has 1 aliphatic rings. The van der Waals surface area contributed by atoms with Crippen LogP contribution in [0.2, 0.25) is 0 Å². The summed E-state index contributed by atoms with van der Waals surface area (Å²) in [6, 6.07) is 0. The maximum Gasteiger partial charge on any atom is 0.270 e. The van der Waals surface area contributed by atoms with E-state index in [4.69, 9.17) is 4.74 Å². The van der Waals surface area contributed by atoms with Crippen LogP contribution in [0.15, 0.2) is 0 Å². The van der Waals surface area contributed by atoms with Gasteiger partial charge in [0.2, 0.25) is 5.82 Å². The minimum absolute atomic E-state index is 0.724. The predicted octanol–water partition coefficient (Wildman–Crippen LogP) is 2.56. The van der Waals surface area contributed by atoms with Crippen molar-refractivity contribution in [3.8, 4) is 5.88 Å². The molecule has 1 aliphatic heterocycles. The molecule has 0 aromatic carbocycles. The highest BCUT2D eigenvalue weighted by atomic mass is 32.1. The summed E-state index contributed by atoms with van der Waals surface area (Å²) in [4.78, 5) is 2.30. The third-order valence-electron chi connectivity index (χ3n) is 2.97. The van der Waals surface area contributed by atoms with Crippen molar-refractivity contribution in [1.29, 1.82) is 0 Å². The molecule has 0 spiro atoms. The molecule has 1 aromatic heterocycles. The number of piperidine rings is 1. The lowest BCUT2D eigenvalue weighted by Gasteiger charge is -2.30. The third kappa shape index (κ3) is 2.64. The van der Waals surface area contributed by atoms with Gasteiger partial charge in [-0.2, -0.15) is 4.37 Å². The van der Waals surface area contributed by atoms with Gasteiger partial charge in [-0.1, -0.05) is 13.8 Å². The van der Waals surface area contributed by atoms with Crippen LogP contribution in [0.3, 0.4) is 0 Å². The van der Waals surface area contributed by atoms with E-state index >= 15 is 0 Å². The van der Waals surface area contributed by atoms with E-state index in [0.717, 1.165) is 43.7 Å².